The van der Waals surface area contributed by atoms with E-state index in [0.717, 1.165) is 0 Å². The smallest absolute Gasteiger partial charge is 0.233 e. The van der Waals surface area contributed by atoms with Crippen LogP contribution in [0.4, 0.5) is 0 Å². The van der Waals surface area contributed by atoms with Gasteiger partial charge >= 0.3 is 0 Å². The maximum atomic E-state index is 10.8. The van der Waals surface area contributed by atoms with Crippen LogP contribution in [0.2, 0.25) is 0 Å². The molecule has 0 aliphatic heterocycles. The van der Waals surface area contributed by atoms with E-state index in [1.54, 1.807) is 0 Å². The molecule has 0 bridgehead atoms. The number of aliphatic hydroxyl groups is 1. The summed E-state index contributed by atoms with van der Waals surface area (Å²) in [5, 5.41) is 11.4. The molecule has 5 heteroatoms. The van der Waals surface area contributed by atoms with Crippen LogP contribution in [-0.2, 0) is 9.59 Å². The Kier molecular flexibility index (Phi) is 1.91. The maximum absolute atomic E-state index is 10.8. The number of nitrogens with zero attached hydrogens (tertiary/aromatic N) is 1. The summed E-state index contributed by atoms with van der Waals surface area (Å²) in [6.45, 7) is -0.462. The average molecular weight is 154 g/mol. The van der Waals surface area contributed by atoms with E-state index in [1.165, 1.54) is 6.08 Å². The minimum absolute atomic E-state index is 0.0380. The molecule has 5 nitrogen and oxygen atoms in total. The third kappa shape index (κ3) is 1.10. The van der Waals surface area contributed by atoms with Gasteiger partial charge in [0.05, 0.1) is 6.61 Å². The molecule has 11 heavy (non-hydrogen) atoms. The summed E-state index contributed by atoms with van der Waals surface area (Å²) in [7, 11) is 0. The zero-order valence-corrected chi connectivity index (χ0v) is 5.57. The number of carbonyl (C=O) groups is 2. The third-order valence-corrected chi connectivity index (χ3v) is 1.45. The van der Waals surface area contributed by atoms with Gasteiger partial charge in [0.25, 0.3) is 0 Å². The van der Waals surface area contributed by atoms with Gasteiger partial charge in [-0.15, -0.1) is 0 Å². The zero-order valence-electron chi connectivity index (χ0n) is 5.57. The van der Waals surface area contributed by atoms with Crippen molar-refractivity contribution in [3.8, 4) is 0 Å². The van der Waals surface area contributed by atoms with Gasteiger partial charge in [-0.3, -0.25) is 9.59 Å². The van der Waals surface area contributed by atoms with E-state index in [0.29, 0.717) is 0 Å². The third-order valence-electron chi connectivity index (χ3n) is 1.45. The van der Waals surface area contributed by atoms with E-state index >= 15 is 0 Å². The fourth-order valence-corrected chi connectivity index (χ4v) is 0.855. The van der Waals surface area contributed by atoms with E-state index in [9.17, 15) is 9.59 Å². The number of hydrogen-bond donors (Lipinski definition) is 2. The summed E-state index contributed by atoms with van der Waals surface area (Å²) in [6.07, 6.45) is 1.21. The number of aliphatic hydroxyl groups excluding tert-OH is 1. The summed E-state index contributed by atoms with van der Waals surface area (Å²) >= 11 is 0. The van der Waals surface area contributed by atoms with Crippen LogP contribution in [0, 0.1) is 5.53 Å². The topological polar surface area (TPSA) is 90.6 Å². The molecular formula is C6H6N2O3. The molecule has 1 aliphatic carbocycles. The Morgan fingerprint density at radius 3 is 2.55 bits per heavy atom. The monoisotopic (exact) mass is 154 g/mol. The van der Waals surface area contributed by atoms with Crippen LogP contribution in [0.15, 0.2) is 16.8 Å². The molecule has 0 saturated heterocycles. The van der Waals surface area contributed by atoms with Gasteiger partial charge in [-0.2, -0.15) is 5.11 Å². The Hall–Kier alpha value is -1.36. The highest BCUT2D eigenvalue weighted by Crippen LogP contribution is 2.13. The normalized spacial score (nSPS) is 23.7. The maximum Gasteiger partial charge on any atom is 0.233 e. The largest absolute Gasteiger partial charge is 0.392 e. The van der Waals surface area contributed by atoms with Crippen molar-refractivity contribution in [1.82, 2.24) is 0 Å². The Balaban J connectivity index is 2.93. The predicted octanol–water partition coefficient (Wildman–Crippen LogP) is -0.544. The summed E-state index contributed by atoms with van der Waals surface area (Å²) in [5.74, 6) is -1.46. The lowest BCUT2D eigenvalue weighted by molar-refractivity contribution is -0.133. The van der Waals surface area contributed by atoms with Gasteiger partial charge in [0, 0.05) is 5.57 Å². The second kappa shape index (κ2) is 2.71. The molecule has 0 fully saturated rings. The van der Waals surface area contributed by atoms with Crippen molar-refractivity contribution < 1.29 is 14.7 Å². The lowest BCUT2D eigenvalue weighted by Crippen LogP contribution is -2.18. The number of carbonyl (C=O) groups excluding carboxylic acids is 2. The van der Waals surface area contributed by atoms with Crippen LogP contribution in [0.25, 0.3) is 0 Å². The lowest BCUT2D eigenvalue weighted by atomic mass is 10.2. The molecule has 0 aromatic carbocycles. The summed E-state index contributed by atoms with van der Waals surface area (Å²) in [4.78, 5) is 21.6. The molecule has 1 rings (SSSR count). The summed E-state index contributed by atoms with van der Waals surface area (Å²) in [6, 6.07) is -0.996. The first-order chi connectivity index (χ1) is 5.20. The van der Waals surface area contributed by atoms with Gasteiger partial charge < -0.3 is 5.11 Å². The summed E-state index contributed by atoms with van der Waals surface area (Å²) in [5.41, 5.74) is 6.55. The number of ketones is 2. The Labute approximate surface area is 62.2 Å². The predicted molar refractivity (Wildman–Crippen MR) is 34.1 cm³/mol. The van der Waals surface area contributed by atoms with Crippen LogP contribution in [0.3, 0.4) is 0 Å². The van der Waals surface area contributed by atoms with Crippen molar-refractivity contribution >= 4 is 11.6 Å². The quantitative estimate of drug-likeness (QED) is 0.413. The van der Waals surface area contributed by atoms with Gasteiger partial charge in [-0.1, -0.05) is 0 Å². The molecule has 58 valence electrons. The van der Waals surface area contributed by atoms with Gasteiger partial charge in [0.15, 0.2) is 6.04 Å². The van der Waals surface area contributed by atoms with Crippen molar-refractivity contribution in [1.29, 1.82) is 5.53 Å². The van der Waals surface area contributed by atoms with Crippen LogP contribution in [0.5, 0.6) is 0 Å². The molecule has 0 amide bonds. The minimum Gasteiger partial charge on any atom is -0.392 e. The van der Waals surface area contributed by atoms with E-state index in [4.69, 9.17) is 10.6 Å². The van der Waals surface area contributed by atoms with E-state index in [-0.39, 0.29) is 5.57 Å². The highest BCUT2D eigenvalue weighted by Gasteiger charge is 2.32. The van der Waals surface area contributed by atoms with Crippen LogP contribution in [0.1, 0.15) is 0 Å². The molecule has 0 saturated carbocycles. The van der Waals surface area contributed by atoms with Crippen molar-refractivity contribution in [3.05, 3.63) is 11.6 Å². The average Bonchev–Trinajstić information content (AvgIpc) is 2.30. The molecule has 1 atom stereocenters. The first kappa shape index (κ1) is 7.74. The first-order valence-corrected chi connectivity index (χ1v) is 2.97. The molecule has 0 aromatic heterocycles. The molecule has 1 aliphatic rings. The molecule has 0 aromatic rings. The molecule has 2 N–H and O–H groups in total. The molecule has 1 unspecified atom stereocenters. The van der Waals surface area contributed by atoms with Gasteiger partial charge in [-0.25, -0.2) is 5.53 Å². The highest BCUT2D eigenvalue weighted by molar-refractivity contribution is 6.48. The summed E-state index contributed by atoms with van der Waals surface area (Å²) < 4.78 is 0. The number of rotatable bonds is 2. The standard InChI is InChI=1S/C6H6N2O3/c7-8-4-1-3(2-9)5(10)6(4)11/h1,4,7,9H,2H2. The second-order valence-electron chi connectivity index (χ2n) is 2.12. The lowest BCUT2D eigenvalue weighted by Gasteiger charge is -1.90. The van der Waals surface area contributed by atoms with Gasteiger partial charge in [-0.05, 0) is 6.08 Å². The van der Waals surface area contributed by atoms with Gasteiger partial charge in [0.2, 0.25) is 11.6 Å². The first-order valence-electron chi connectivity index (χ1n) is 2.97. The van der Waals surface area contributed by atoms with Crippen LogP contribution >= 0.6 is 0 Å². The number of Topliss-reactive ketones (excluding diaryl/α,β-unsaturated/α-hetero) is 2. The van der Waals surface area contributed by atoms with Crippen LogP contribution < -0.4 is 0 Å². The highest BCUT2D eigenvalue weighted by atomic mass is 16.3. The fraction of sp³-hybridized carbons (Fsp3) is 0.333. The van der Waals surface area contributed by atoms with Crippen LogP contribution in [-0.4, -0.2) is 29.3 Å². The van der Waals surface area contributed by atoms with Crippen molar-refractivity contribution in [2.45, 2.75) is 6.04 Å². The Morgan fingerprint density at radius 2 is 2.27 bits per heavy atom. The van der Waals surface area contributed by atoms with E-state index < -0.39 is 24.2 Å². The van der Waals surface area contributed by atoms with Crippen molar-refractivity contribution in [2.24, 2.45) is 5.11 Å². The fourth-order valence-electron chi connectivity index (χ4n) is 0.855. The number of nitrogens with one attached hydrogen (secondary N) is 1. The van der Waals surface area contributed by atoms with Crippen molar-refractivity contribution in [3.63, 3.8) is 0 Å². The molecule has 0 spiro atoms. The zero-order chi connectivity index (χ0) is 8.43. The Morgan fingerprint density at radius 1 is 1.64 bits per heavy atom. The number of hydrogen-bond acceptors (Lipinski definition) is 5. The molecule has 0 heterocycles. The molecular weight excluding hydrogens is 148 g/mol. The van der Waals surface area contributed by atoms with Gasteiger partial charge in [0.1, 0.15) is 0 Å². The second-order valence-corrected chi connectivity index (χ2v) is 2.12. The Bertz CT molecular complexity index is 257. The van der Waals surface area contributed by atoms with E-state index in [2.05, 4.69) is 5.11 Å². The minimum atomic E-state index is -0.996. The SMILES string of the molecule is N=NC1C=C(CO)C(=O)C1=O. The molecule has 0 radical (unpaired) electrons. The van der Waals surface area contributed by atoms with Crippen molar-refractivity contribution in [2.75, 3.05) is 6.61 Å². The van der Waals surface area contributed by atoms with E-state index in [1.807, 2.05) is 0 Å².